The molecule has 0 spiro atoms. The van der Waals surface area contributed by atoms with Crippen molar-refractivity contribution in [2.24, 2.45) is 0 Å². The first-order valence-corrected chi connectivity index (χ1v) is 10.1. The number of halogens is 1. The van der Waals surface area contributed by atoms with Gasteiger partial charge in [0, 0.05) is 36.9 Å². The maximum atomic E-state index is 11.9. The van der Waals surface area contributed by atoms with Crippen LogP contribution in [0.1, 0.15) is 30.4 Å². The van der Waals surface area contributed by atoms with E-state index in [1.54, 1.807) is 6.07 Å². The number of anilines is 1. The summed E-state index contributed by atoms with van der Waals surface area (Å²) in [5.41, 5.74) is 3.30. The van der Waals surface area contributed by atoms with Crippen molar-refractivity contribution in [1.29, 1.82) is 0 Å². The predicted molar refractivity (Wildman–Crippen MR) is 113 cm³/mol. The van der Waals surface area contributed by atoms with E-state index in [1.165, 1.54) is 24.1 Å². The second-order valence-electron chi connectivity index (χ2n) is 6.99. The summed E-state index contributed by atoms with van der Waals surface area (Å²) in [4.78, 5) is 26.2. The maximum absolute atomic E-state index is 11.9. The quantitative estimate of drug-likeness (QED) is 0.554. The fraction of sp³-hybridized carbons (Fsp3) is 0.364. The van der Waals surface area contributed by atoms with E-state index in [-0.39, 0.29) is 6.54 Å². The Labute approximate surface area is 171 Å². The van der Waals surface area contributed by atoms with Gasteiger partial charge in [-0.2, -0.15) is 0 Å². The van der Waals surface area contributed by atoms with Crippen LogP contribution in [0.15, 0.2) is 48.5 Å². The molecule has 0 saturated carbocycles. The SMILES string of the molecule is O=C(NCCCc1ccc(N2CCCC2)cc1)C(=O)NCc1ccccc1Cl. The van der Waals surface area contributed by atoms with Crippen LogP contribution in [0.25, 0.3) is 0 Å². The molecule has 28 heavy (non-hydrogen) atoms. The van der Waals surface area contributed by atoms with Gasteiger partial charge in [0.1, 0.15) is 0 Å². The summed E-state index contributed by atoms with van der Waals surface area (Å²) >= 11 is 6.04. The predicted octanol–water partition coefficient (Wildman–Crippen LogP) is 3.31. The molecule has 2 amide bonds. The molecule has 0 radical (unpaired) electrons. The van der Waals surface area contributed by atoms with Crippen LogP contribution in [0.3, 0.4) is 0 Å². The monoisotopic (exact) mass is 399 g/mol. The number of hydrogen-bond donors (Lipinski definition) is 2. The van der Waals surface area contributed by atoms with E-state index in [4.69, 9.17) is 11.6 Å². The molecule has 2 aromatic rings. The number of aryl methyl sites for hydroxylation is 1. The van der Waals surface area contributed by atoms with Gasteiger partial charge in [0.2, 0.25) is 0 Å². The standard InChI is InChI=1S/C22H26ClN3O2/c23-20-8-2-1-7-18(20)16-25-22(28)21(27)24-13-5-6-17-9-11-19(12-10-17)26-14-3-4-15-26/h1-2,7-12H,3-6,13-16H2,(H,24,27)(H,25,28). The van der Waals surface area contributed by atoms with Crippen LogP contribution in [-0.2, 0) is 22.6 Å². The summed E-state index contributed by atoms with van der Waals surface area (Å²) in [5, 5.41) is 5.83. The van der Waals surface area contributed by atoms with Crippen molar-refractivity contribution in [3.05, 3.63) is 64.7 Å². The summed E-state index contributed by atoms with van der Waals surface area (Å²) in [6.45, 7) is 2.98. The molecular weight excluding hydrogens is 374 g/mol. The van der Waals surface area contributed by atoms with Crippen LogP contribution >= 0.6 is 11.6 Å². The third-order valence-corrected chi connectivity index (χ3v) is 5.31. The van der Waals surface area contributed by atoms with Crippen LogP contribution in [0.4, 0.5) is 5.69 Å². The highest BCUT2D eigenvalue weighted by atomic mass is 35.5. The first-order valence-electron chi connectivity index (χ1n) is 9.77. The number of carbonyl (C=O) groups excluding carboxylic acids is 2. The molecule has 148 valence electrons. The van der Waals surface area contributed by atoms with Crippen molar-refractivity contribution in [3.63, 3.8) is 0 Å². The normalized spacial score (nSPS) is 13.4. The topological polar surface area (TPSA) is 61.4 Å². The Morgan fingerprint density at radius 1 is 0.929 bits per heavy atom. The lowest BCUT2D eigenvalue weighted by Gasteiger charge is -2.17. The van der Waals surface area contributed by atoms with Crippen LogP contribution in [0, 0.1) is 0 Å². The highest BCUT2D eigenvalue weighted by Gasteiger charge is 2.13. The van der Waals surface area contributed by atoms with E-state index in [9.17, 15) is 9.59 Å². The van der Waals surface area contributed by atoms with Crippen LogP contribution in [0.2, 0.25) is 5.02 Å². The molecule has 3 rings (SSSR count). The van der Waals surface area contributed by atoms with Crippen molar-refractivity contribution >= 4 is 29.1 Å². The molecule has 2 N–H and O–H groups in total. The summed E-state index contributed by atoms with van der Waals surface area (Å²) in [5.74, 6) is -1.26. The van der Waals surface area contributed by atoms with E-state index in [0.29, 0.717) is 11.6 Å². The molecule has 6 heteroatoms. The minimum absolute atomic E-state index is 0.231. The van der Waals surface area contributed by atoms with Crippen molar-refractivity contribution in [2.45, 2.75) is 32.2 Å². The average Bonchev–Trinajstić information content (AvgIpc) is 3.25. The second kappa shape index (κ2) is 10.1. The molecule has 0 aromatic heterocycles. The Morgan fingerprint density at radius 2 is 1.61 bits per heavy atom. The smallest absolute Gasteiger partial charge is 0.309 e. The Morgan fingerprint density at radius 3 is 2.32 bits per heavy atom. The molecular formula is C22H26ClN3O2. The molecule has 2 aromatic carbocycles. The van der Waals surface area contributed by atoms with E-state index in [1.807, 2.05) is 18.2 Å². The van der Waals surface area contributed by atoms with Gasteiger partial charge in [-0.05, 0) is 55.0 Å². The summed E-state index contributed by atoms with van der Waals surface area (Å²) in [7, 11) is 0. The van der Waals surface area contributed by atoms with Crippen LogP contribution in [0.5, 0.6) is 0 Å². The zero-order valence-corrected chi connectivity index (χ0v) is 16.7. The minimum atomic E-state index is -0.644. The molecule has 0 aliphatic carbocycles. The number of amides is 2. The van der Waals surface area contributed by atoms with Gasteiger partial charge in [0.05, 0.1) is 0 Å². The Hall–Kier alpha value is -2.53. The van der Waals surface area contributed by atoms with Gasteiger partial charge in [-0.25, -0.2) is 0 Å². The fourth-order valence-electron chi connectivity index (χ4n) is 3.32. The summed E-state index contributed by atoms with van der Waals surface area (Å²) in [6.07, 6.45) is 4.19. The molecule has 0 bridgehead atoms. The van der Waals surface area contributed by atoms with Gasteiger partial charge >= 0.3 is 11.8 Å². The zero-order valence-electron chi connectivity index (χ0n) is 15.9. The van der Waals surface area contributed by atoms with E-state index in [2.05, 4.69) is 39.8 Å². The number of hydrogen-bond acceptors (Lipinski definition) is 3. The summed E-state index contributed by atoms with van der Waals surface area (Å²) in [6, 6.07) is 15.8. The van der Waals surface area contributed by atoms with Crippen LogP contribution in [-0.4, -0.2) is 31.4 Å². The molecule has 1 heterocycles. The van der Waals surface area contributed by atoms with Crippen LogP contribution < -0.4 is 15.5 Å². The summed E-state index contributed by atoms with van der Waals surface area (Å²) < 4.78 is 0. The number of benzene rings is 2. The van der Waals surface area contributed by atoms with E-state index in [0.717, 1.165) is 31.5 Å². The first-order chi connectivity index (χ1) is 13.6. The van der Waals surface area contributed by atoms with E-state index >= 15 is 0 Å². The zero-order chi connectivity index (χ0) is 19.8. The van der Waals surface area contributed by atoms with E-state index < -0.39 is 11.8 Å². The van der Waals surface area contributed by atoms with Gasteiger partial charge < -0.3 is 15.5 Å². The lowest BCUT2D eigenvalue weighted by atomic mass is 10.1. The Bertz CT molecular complexity index is 802. The highest BCUT2D eigenvalue weighted by Crippen LogP contribution is 2.20. The Balaban J connectivity index is 1.34. The number of rotatable bonds is 7. The van der Waals surface area contributed by atoms with Gasteiger partial charge in [0.25, 0.3) is 0 Å². The largest absolute Gasteiger partial charge is 0.372 e. The minimum Gasteiger partial charge on any atom is -0.372 e. The molecule has 0 unspecified atom stereocenters. The van der Waals surface area contributed by atoms with Crippen molar-refractivity contribution < 1.29 is 9.59 Å². The molecule has 1 aliphatic rings. The molecule has 0 atom stereocenters. The van der Waals surface area contributed by atoms with Crippen molar-refractivity contribution in [3.8, 4) is 0 Å². The van der Waals surface area contributed by atoms with Gasteiger partial charge in [-0.1, -0.05) is 41.9 Å². The van der Waals surface area contributed by atoms with Gasteiger partial charge in [0.15, 0.2) is 0 Å². The maximum Gasteiger partial charge on any atom is 0.309 e. The number of nitrogens with one attached hydrogen (secondary N) is 2. The van der Waals surface area contributed by atoms with Crippen molar-refractivity contribution in [1.82, 2.24) is 10.6 Å². The lowest BCUT2D eigenvalue weighted by Crippen LogP contribution is -2.40. The lowest BCUT2D eigenvalue weighted by molar-refractivity contribution is -0.139. The molecule has 1 saturated heterocycles. The fourth-order valence-corrected chi connectivity index (χ4v) is 3.52. The highest BCUT2D eigenvalue weighted by molar-refractivity contribution is 6.35. The van der Waals surface area contributed by atoms with Gasteiger partial charge in [-0.15, -0.1) is 0 Å². The molecule has 1 fully saturated rings. The third-order valence-electron chi connectivity index (χ3n) is 4.94. The second-order valence-corrected chi connectivity index (χ2v) is 7.40. The molecule has 5 nitrogen and oxygen atoms in total. The third kappa shape index (κ3) is 5.73. The first kappa shape index (κ1) is 20.2. The molecule has 1 aliphatic heterocycles. The Kier molecular flexibility index (Phi) is 7.31. The van der Waals surface area contributed by atoms with Crippen molar-refractivity contribution in [2.75, 3.05) is 24.5 Å². The van der Waals surface area contributed by atoms with Gasteiger partial charge in [-0.3, -0.25) is 9.59 Å². The average molecular weight is 400 g/mol. The number of carbonyl (C=O) groups is 2. The number of nitrogens with zero attached hydrogens (tertiary/aromatic N) is 1.